The van der Waals surface area contributed by atoms with Gasteiger partial charge in [0.25, 0.3) is 0 Å². The molecular formula is C10H22N2O2. The first-order chi connectivity index (χ1) is 6.79. The Morgan fingerprint density at radius 2 is 1.21 bits per heavy atom. The lowest BCUT2D eigenvalue weighted by Gasteiger charge is -2.16. The number of aliphatic hydroxyl groups is 2. The van der Waals surface area contributed by atoms with Gasteiger partial charge in [0.2, 0.25) is 0 Å². The summed E-state index contributed by atoms with van der Waals surface area (Å²) in [6, 6.07) is 0. The van der Waals surface area contributed by atoms with Gasteiger partial charge < -0.3 is 20.8 Å². The van der Waals surface area contributed by atoms with E-state index in [0.29, 0.717) is 0 Å². The lowest BCUT2D eigenvalue weighted by molar-refractivity contribution is 0.142. The van der Waals surface area contributed by atoms with Gasteiger partial charge in [-0.05, 0) is 38.8 Å². The standard InChI is InChI=1S/2C5H11NO/c2*7-5-2-1-3-6-4-5/h2*5-7H,1-4H2/t2*5-/m10/s1. The Kier molecular flexibility index (Phi) is 6.10. The van der Waals surface area contributed by atoms with Crippen molar-refractivity contribution in [1.82, 2.24) is 10.6 Å². The third-order valence-corrected chi connectivity index (χ3v) is 2.54. The Balaban J connectivity index is 0.000000140. The average Bonchev–Trinajstić information content (AvgIpc) is 2.21. The van der Waals surface area contributed by atoms with Crippen molar-refractivity contribution in [2.24, 2.45) is 0 Å². The van der Waals surface area contributed by atoms with Gasteiger partial charge in [-0.25, -0.2) is 0 Å². The molecule has 2 heterocycles. The van der Waals surface area contributed by atoms with Crippen molar-refractivity contribution in [2.45, 2.75) is 37.9 Å². The zero-order valence-electron chi connectivity index (χ0n) is 8.71. The molecule has 0 amide bonds. The van der Waals surface area contributed by atoms with Crippen molar-refractivity contribution in [1.29, 1.82) is 0 Å². The van der Waals surface area contributed by atoms with Crippen molar-refractivity contribution in [3.8, 4) is 0 Å². The van der Waals surface area contributed by atoms with Gasteiger partial charge >= 0.3 is 0 Å². The highest BCUT2D eigenvalue weighted by molar-refractivity contribution is 4.66. The predicted molar refractivity (Wildman–Crippen MR) is 56.2 cm³/mol. The van der Waals surface area contributed by atoms with Gasteiger partial charge in [0.15, 0.2) is 0 Å². The Morgan fingerprint density at radius 1 is 0.786 bits per heavy atom. The predicted octanol–water partition coefficient (Wildman–Crippen LogP) is -0.539. The topological polar surface area (TPSA) is 64.5 Å². The molecule has 0 bridgehead atoms. The zero-order chi connectivity index (χ0) is 10.2. The highest BCUT2D eigenvalue weighted by atomic mass is 16.3. The first-order valence-electron chi connectivity index (χ1n) is 5.56. The number of piperidine rings is 2. The lowest BCUT2D eigenvalue weighted by atomic mass is 10.1. The van der Waals surface area contributed by atoms with E-state index in [1.807, 2.05) is 0 Å². The van der Waals surface area contributed by atoms with Crippen LogP contribution in [0, 0.1) is 0 Å². The van der Waals surface area contributed by atoms with Crippen LogP contribution in [-0.4, -0.2) is 48.6 Å². The Hall–Kier alpha value is -0.160. The van der Waals surface area contributed by atoms with E-state index in [-0.39, 0.29) is 12.2 Å². The molecule has 2 fully saturated rings. The molecule has 0 radical (unpaired) electrons. The van der Waals surface area contributed by atoms with E-state index in [1.165, 1.54) is 0 Å². The molecule has 2 atom stereocenters. The van der Waals surface area contributed by atoms with Gasteiger partial charge in [-0.3, -0.25) is 0 Å². The smallest absolute Gasteiger partial charge is 0.0665 e. The maximum absolute atomic E-state index is 8.85. The van der Waals surface area contributed by atoms with Crippen molar-refractivity contribution >= 4 is 0 Å². The van der Waals surface area contributed by atoms with Crippen LogP contribution in [-0.2, 0) is 0 Å². The third kappa shape index (κ3) is 5.54. The van der Waals surface area contributed by atoms with Crippen molar-refractivity contribution < 1.29 is 10.2 Å². The lowest BCUT2D eigenvalue weighted by Crippen LogP contribution is -2.33. The molecule has 0 saturated carbocycles. The summed E-state index contributed by atoms with van der Waals surface area (Å²) in [5, 5.41) is 23.9. The summed E-state index contributed by atoms with van der Waals surface area (Å²) in [5.74, 6) is 0. The number of β-amino-alcohol motifs (C(OH)–C–C–N with tert-alkyl or cyclic N) is 2. The Labute approximate surface area is 85.7 Å². The zero-order valence-corrected chi connectivity index (χ0v) is 8.71. The van der Waals surface area contributed by atoms with Gasteiger partial charge in [-0.1, -0.05) is 0 Å². The maximum Gasteiger partial charge on any atom is 0.0665 e. The largest absolute Gasteiger partial charge is 0.392 e. The fraction of sp³-hybridized carbons (Fsp3) is 1.00. The fourth-order valence-electron chi connectivity index (χ4n) is 1.67. The van der Waals surface area contributed by atoms with E-state index < -0.39 is 0 Å². The molecule has 2 aliphatic rings. The normalized spacial score (nSPS) is 33.0. The van der Waals surface area contributed by atoms with Crippen molar-refractivity contribution in [2.75, 3.05) is 26.2 Å². The van der Waals surface area contributed by atoms with Crippen LogP contribution in [0.3, 0.4) is 0 Å². The minimum Gasteiger partial charge on any atom is -0.392 e. The quantitative estimate of drug-likeness (QED) is 0.426. The number of hydrogen-bond donors (Lipinski definition) is 4. The van der Waals surface area contributed by atoms with Crippen LogP contribution in [0.15, 0.2) is 0 Å². The summed E-state index contributed by atoms with van der Waals surface area (Å²) in [4.78, 5) is 0. The Morgan fingerprint density at radius 3 is 1.36 bits per heavy atom. The molecule has 0 spiro atoms. The van der Waals surface area contributed by atoms with Crippen LogP contribution >= 0.6 is 0 Å². The second kappa shape index (κ2) is 7.17. The van der Waals surface area contributed by atoms with Crippen molar-refractivity contribution in [3.63, 3.8) is 0 Å². The van der Waals surface area contributed by atoms with Crippen LogP contribution in [0.2, 0.25) is 0 Å². The molecule has 84 valence electrons. The fourth-order valence-corrected chi connectivity index (χ4v) is 1.67. The summed E-state index contributed by atoms with van der Waals surface area (Å²) in [6.45, 7) is 3.74. The van der Waals surface area contributed by atoms with Crippen LogP contribution in [0.1, 0.15) is 25.7 Å². The van der Waals surface area contributed by atoms with Gasteiger partial charge in [-0.15, -0.1) is 0 Å². The molecule has 0 aliphatic carbocycles. The van der Waals surface area contributed by atoms with Crippen molar-refractivity contribution in [3.05, 3.63) is 0 Å². The van der Waals surface area contributed by atoms with E-state index >= 15 is 0 Å². The molecule has 0 aromatic carbocycles. The van der Waals surface area contributed by atoms with E-state index in [0.717, 1.165) is 51.9 Å². The highest BCUT2D eigenvalue weighted by Gasteiger charge is 2.07. The van der Waals surface area contributed by atoms with Crippen LogP contribution in [0.5, 0.6) is 0 Å². The number of aliphatic hydroxyl groups excluding tert-OH is 2. The molecule has 14 heavy (non-hydrogen) atoms. The van der Waals surface area contributed by atoms with Crippen LogP contribution < -0.4 is 10.6 Å². The molecule has 2 rings (SSSR count). The molecular weight excluding hydrogens is 180 g/mol. The van der Waals surface area contributed by atoms with E-state index in [2.05, 4.69) is 10.6 Å². The van der Waals surface area contributed by atoms with Gasteiger partial charge in [0.05, 0.1) is 12.2 Å². The van der Waals surface area contributed by atoms with E-state index in [9.17, 15) is 0 Å². The molecule has 0 aromatic rings. The van der Waals surface area contributed by atoms with Gasteiger partial charge in [-0.2, -0.15) is 0 Å². The summed E-state index contributed by atoms with van der Waals surface area (Å²) < 4.78 is 0. The minimum absolute atomic E-state index is 0.0752. The minimum atomic E-state index is -0.0752. The second-order valence-corrected chi connectivity index (χ2v) is 4.00. The summed E-state index contributed by atoms with van der Waals surface area (Å²) >= 11 is 0. The highest BCUT2D eigenvalue weighted by Crippen LogP contribution is 1.99. The monoisotopic (exact) mass is 202 g/mol. The molecule has 0 unspecified atom stereocenters. The average molecular weight is 202 g/mol. The molecule has 4 heteroatoms. The van der Waals surface area contributed by atoms with E-state index in [1.54, 1.807) is 0 Å². The molecule has 2 saturated heterocycles. The summed E-state index contributed by atoms with van der Waals surface area (Å²) in [5.41, 5.74) is 0. The number of nitrogens with one attached hydrogen (secondary N) is 2. The molecule has 4 nitrogen and oxygen atoms in total. The van der Waals surface area contributed by atoms with Crippen LogP contribution in [0.4, 0.5) is 0 Å². The summed E-state index contributed by atoms with van der Waals surface area (Å²) in [7, 11) is 0. The molecule has 4 N–H and O–H groups in total. The van der Waals surface area contributed by atoms with Crippen LogP contribution in [0.25, 0.3) is 0 Å². The first-order valence-corrected chi connectivity index (χ1v) is 5.56. The third-order valence-electron chi connectivity index (χ3n) is 2.54. The summed E-state index contributed by atoms with van der Waals surface area (Å²) in [6.07, 6.45) is 4.06. The number of rotatable bonds is 0. The first kappa shape index (κ1) is 11.9. The Bertz CT molecular complexity index is 116. The molecule has 0 aromatic heterocycles. The maximum atomic E-state index is 8.85. The van der Waals surface area contributed by atoms with Gasteiger partial charge in [0.1, 0.15) is 0 Å². The second-order valence-electron chi connectivity index (χ2n) is 4.00. The van der Waals surface area contributed by atoms with E-state index in [4.69, 9.17) is 10.2 Å². The SMILES string of the molecule is O[C@@H]1CCCNC1.O[C@H]1CCCNC1. The number of hydrogen-bond acceptors (Lipinski definition) is 4. The van der Waals surface area contributed by atoms with Gasteiger partial charge in [0, 0.05) is 13.1 Å². The molecule has 2 aliphatic heterocycles.